The van der Waals surface area contributed by atoms with Crippen LogP contribution in [0.5, 0.6) is 0 Å². The zero-order chi connectivity index (χ0) is 0. The fourth-order valence-electron chi connectivity index (χ4n) is 0. The Bertz CT molecular complexity index is 30.1. The Hall–Kier alpha value is 4.42. The van der Waals surface area contributed by atoms with E-state index in [4.69, 9.17) is 0 Å². The Labute approximate surface area is 142 Å². The molecule has 0 bridgehead atoms. The van der Waals surface area contributed by atoms with Crippen LogP contribution >= 0.6 is 0 Å². The monoisotopic (exact) mass is 260 g/mol. The summed E-state index contributed by atoms with van der Waals surface area (Å²) in [5, 5.41) is 0. The predicted molar refractivity (Wildman–Crippen MR) is 20.1 cm³/mol. The minimum atomic E-state index is 0. The smallest absolute Gasteiger partial charge is 1.00 e. The van der Waals surface area contributed by atoms with Gasteiger partial charge in [-0.25, -0.2) is 0 Å². The van der Waals surface area contributed by atoms with Gasteiger partial charge < -0.3 is 5.71 Å². The van der Waals surface area contributed by atoms with E-state index in [0.717, 1.165) is 0 Å². The van der Waals surface area contributed by atoms with Crippen molar-refractivity contribution >= 4 is 40.4 Å². The Morgan fingerprint density at radius 2 is 1.14 bits per heavy atom. The summed E-state index contributed by atoms with van der Waals surface area (Å²) in [5.74, 6) is 0. The molecule has 0 amide bonds. The number of hydrogen-bond acceptors (Lipinski definition) is 0. The van der Waals surface area contributed by atoms with E-state index in [1.54, 1.807) is 0 Å². The van der Waals surface area contributed by atoms with Gasteiger partial charge in [-0.05, 0) is 0 Å². The zero-order valence-corrected chi connectivity index (χ0v) is 10.4. The molecular weight excluding hydrogens is 254 g/mol. The van der Waals surface area contributed by atoms with Gasteiger partial charge in [0.2, 0.25) is 0 Å². The Balaban J connectivity index is 0. The van der Waals surface area contributed by atoms with Crippen LogP contribution in [0.3, 0.4) is 0 Å². The molecule has 0 heterocycles. The molecule has 2 radical (unpaired) electrons. The van der Waals surface area contributed by atoms with E-state index < -0.39 is 0 Å². The average Bonchev–Trinajstić information content (AvgIpc) is 0. The SMILES string of the molecule is [AlH3].[Co].[H-].[H-].[H-].[H-].[Li+].[Mg+2].[Mn].[Na+].[Ni]. The maximum absolute atomic E-state index is 0. The standard InChI is InChI=1S/Al.Co.Li.Mg.Mn.Na.Ni.7H/q;;+1;+2;;+1;;;;;4*-1. The second-order valence-electron chi connectivity index (χ2n) is 0. The fraction of sp³-hybridized carbons (Fsp3) is 0. The van der Waals surface area contributed by atoms with Crippen LogP contribution in [0.2, 0.25) is 0 Å². The van der Waals surface area contributed by atoms with E-state index in [-0.39, 0.29) is 145 Å². The summed E-state index contributed by atoms with van der Waals surface area (Å²) in [6, 6.07) is 0. The molecule has 0 aromatic heterocycles. The average molecular weight is 261 g/mol. The van der Waals surface area contributed by atoms with Gasteiger partial charge in [0, 0.05) is 50.3 Å². The summed E-state index contributed by atoms with van der Waals surface area (Å²) in [5.41, 5.74) is 0. The van der Waals surface area contributed by atoms with Crippen LogP contribution in [0.1, 0.15) is 5.71 Å². The van der Waals surface area contributed by atoms with E-state index in [1.165, 1.54) is 0 Å². The minimum absolute atomic E-state index is 0. The van der Waals surface area contributed by atoms with Crippen LogP contribution in [0.4, 0.5) is 0 Å². The molecule has 40 valence electrons. The molecule has 0 aromatic rings. The molecule has 0 atom stereocenters. The van der Waals surface area contributed by atoms with Gasteiger partial charge in [-0.15, -0.1) is 0 Å². The van der Waals surface area contributed by atoms with Crippen molar-refractivity contribution in [3.8, 4) is 0 Å². The summed E-state index contributed by atoms with van der Waals surface area (Å²) in [7, 11) is 0. The summed E-state index contributed by atoms with van der Waals surface area (Å²) in [6.07, 6.45) is 0. The fourth-order valence-corrected chi connectivity index (χ4v) is 0. The Morgan fingerprint density at radius 1 is 1.14 bits per heavy atom. The number of rotatable bonds is 0. The van der Waals surface area contributed by atoms with Gasteiger partial charge in [-0.3, -0.25) is 0 Å². The van der Waals surface area contributed by atoms with Crippen molar-refractivity contribution < 1.29 is 104 Å². The largest absolute Gasteiger partial charge is 2.00 e. The van der Waals surface area contributed by atoms with Crippen LogP contribution in [0, 0.1) is 0 Å². The van der Waals surface area contributed by atoms with Gasteiger partial charge in [0.25, 0.3) is 0 Å². The summed E-state index contributed by atoms with van der Waals surface area (Å²) in [6.45, 7) is 0. The first kappa shape index (κ1) is 63.5. The Morgan fingerprint density at radius 3 is 1.14 bits per heavy atom. The molecule has 0 fully saturated rings. The summed E-state index contributed by atoms with van der Waals surface area (Å²) >= 11 is 0. The van der Waals surface area contributed by atoms with E-state index in [9.17, 15) is 0 Å². The van der Waals surface area contributed by atoms with Crippen molar-refractivity contribution in [3.05, 3.63) is 0 Å². The van der Waals surface area contributed by atoms with Crippen LogP contribution in [0.15, 0.2) is 0 Å². The van der Waals surface area contributed by atoms with Gasteiger partial charge in [-0.2, -0.15) is 0 Å². The molecule has 0 saturated carbocycles. The third kappa shape index (κ3) is 37.8. The van der Waals surface area contributed by atoms with Gasteiger partial charge in [-0.1, -0.05) is 0 Å². The molecule has 0 aliphatic rings. The van der Waals surface area contributed by atoms with Crippen molar-refractivity contribution in [2.75, 3.05) is 0 Å². The minimum Gasteiger partial charge on any atom is -1.00 e. The topological polar surface area (TPSA) is 0 Å². The first-order valence-corrected chi connectivity index (χ1v) is 0. The van der Waals surface area contributed by atoms with Crippen LogP contribution in [-0.4, -0.2) is 40.4 Å². The van der Waals surface area contributed by atoms with E-state index in [1.807, 2.05) is 0 Å². The molecule has 0 unspecified atom stereocenters. The van der Waals surface area contributed by atoms with Crippen LogP contribution in [0.25, 0.3) is 0 Å². The van der Waals surface area contributed by atoms with Crippen molar-refractivity contribution in [2.45, 2.75) is 0 Å². The molecule has 0 aromatic carbocycles. The summed E-state index contributed by atoms with van der Waals surface area (Å²) in [4.78, 5) is 0. The third-order valence-electron chi connectivity index (χ3n) is 0. The summed E-state index contributed by atoms with van der Waals surface area (Å²) < 4.78 is 0. The molecule has 0 rings (SSSR count). The molecule has 0 aliphatic carbocycles. The van der Waals surface area contributed by atoms with Gasteiger partial charge in [0.15, 0.2) is 17.4 Å². The molecule has 0 nitrogen and oxygen atoms in total. The normalized spacial score (nSPS) is 0. The van der Waals surface area contributed by atoms with Gasteiger partial charge in [0.05, 0.1) is 0 Å². The van der Waals surface area contributed by atoms with Crippen molar-refractivity contribution in [2.24, 2.45) is 0 Å². The van der Waals surface area contributed by atoms with Crippen LogP contribution in [-0.2, 0) is 50.3 Å². The quantitative estimate of drug-likeness (QED) is 0.380. The van der Waals surface area contributed by atoms with E-state index in [2.05, 4.69) is 0 Å². The molecule has 0 N–H and O–H groups in total. The van der Waals surface area contributed by atoms with Crippen molar-refractivity contribution in [1.29, 1.82) is 0 Å². The van der Waals surface area contributed by atoms with Gasteiger partial charge >= 0.3 is 71.5 Å². The maximum Gasteiger partial charge on any atom is 2.00 e. The molecule has 0 aliphatic heterocycles. The first-order chi connectivity index (χ1) is 0. The second-order valence-corrected chi connectivity index (χ2v) is 0. The van der Waals surface area contributed by atoms with E-state index >= 15 is 0 Å². The Kier molecular flexibility index (Phi) is 430. The predicted octanol–water partition coefficient (Wildman–Crippen LogP) is -7.11. The molecule has 7 heavy (non-hydrogen) atoms. The molecular formula is H7AlCoLiMgMnNaNi. The second kappa shape index (κ2) is 47.4. The molecule has 0 saturated heterocycles. The maximum atomic E-state index is 0. The van der Waals surface area contributed by atoms with Crippen molar-refractivity contribution in [3.63, 3.8) is 0 Å². The van der Waals surface area contributed by atoms with E-state index in [0.29, 0.717) is 0 Å². The van der Waals surface area contributed by atoms with Crippen LogP contribution < -0.4 is 48.4 Å². The zero-order valence-electron chi connectivity index (χ0n) is 7.73. The number of hydrogen-bond donors (Lipinski definition) is 0. The molecule has 7 heteroatoms. The third-order valence-corrected chi connectivity index (χ3v) is 0. The molecule has 0 spiro atoms. The van der Waals surface area contributed by atoms with Crippen molar-refractivity contribution in [1.82, 2.24) is 0 Å². The van der Waals surface area contributed by atoms with Gasteiger partial charge in [0.1, 0.15) is 0 Å². The first-order valence-electron chi connectivity index (χ1n) is 0.